The molecule has 2 heterocycles. The SMILES string of the molecule is O=C(NCc1nc(-c2ccncc2)n[nH]1)C1(c2ccccc2)CCCC1. The fourth-order valence-electron chi connectivity index (χ4n) is 3.72. The van der Waals surface area contributed by atoms with E-state index < -0.39 is 5.41 Å². The van der Waals surface area contributed by atoms with Crippen LogP contribution in [0, 0.1) is 0 Å². The average molecular weight is 347 g/mol. The fourth-order valence-corrected chi connectivity index (χ4v) is 3.72. The van der Waals surface area contributed by atoms with Gasteiger partial charge in [0.05, 0.1) is 12.0 Å². The molecule has 0 bridgehead atoms. The molecule has 1 saturated carbocycles. The zero-order valence-corrected chi connectivity index (χ0v) is 14.5. The van der Waals surface area contributed by atoms with Gasteiger partial charge in [-0.3, -0.25) is 14.9 Å². The van der Waals surface area contributed by atoms with E-state index in [4.69, 9.17) is 0 Å². The summed E-state index contributed by atoms with van der Waals surface area (Å²) < 4.78 is 0. The predicted octanol–water partition coefficient (Wildman–Crippen LogP) is 2.99. The summed E-state index contributed by atoms with van der Waals surface area (Å²) in [6.07, 6.45) is 7.35. The van der Waals surface area contributed by atoms with E-state index in [9.17, 15) is 4.79 Å². The first-order valence-corrected chi connectivity index (χ1v) is 8.93. The van der Waals surface area contributed by atoms with Crippen LogP contribution >= 0.6 is 0 Å². The van der Waals surface area contributed by atoms with Crippen molar-refractivity contribution in [2.75, 3.05) is 0 Å². The zero-order chi connectivity index (χ0) is 17.8. The molecule has 1 aliphatic carbocycles. The van der Waals surface area contributed by atoms with Crippen molar-refractivity contribution in [2.45, 2.75) is 37.6 Å². The molecule has 132 valence electrons. The number of hydrogen-bond acceptors (Lipinski definition) is 4. The van der Waals surface area contributed by atoms with Crippen molar-refractivity contribution >= 4 is 5.91 Å². The number of carbonyl (C=O) groups excluding carboxylic acids is 1. The van der Waals surface area contributed by atoms with Crippen LogP contribution in [0.1, 0.15) is 37.1 Å². The summed E-state index contributed by atoms with van der Waals surface area (Å²) in [6.45, 7) is 0.339. The van der Waals surface area contributed by atoms with E-state index in [2.05, 4.69) is 37.6 Å². The lowest BCUT2D eigenvalue weighted by Crippen LogP contribution is -2.42. The van der Waals surface area contributed by atoms with Crippen molar-refractivity contribution in [2.24, 2.45) is 0 Å². The second-order valence-electron chi connectivity index (χ2n) is 6.68. The number of carbonyl (C=O) groups is 1. The third-order valence-electron chi connectivity index (χ3n) is 5.10. The summed E-state index contributed by atoms with van der Waals surface area (Å²) in [5.74, 6) is 1.32. The lowest BCUT2D eigenvalue weighted by Gasteiger charge is -2.28. The third-order valence-corrected chi connectivity index (χ3v) is 5.10. The molecule has 3 aromatic rings. The van der Waals surface area contributed by atoms with Gasteiger partial charge < -0.3 is 5.32 Å². The van der Waals surface area contributed by atoms with E-state index in [-0.39, 0.29) is 5.91 Å². The Morgan fingerprint density at radius 2 is 1.81 bits per heavy atom. The highest BCUT2D eigenvalue weighted by Crippen LogP contribution is 2.41. The van der Waals surface area contributed by atoms with E-state index in [0.717, 1.165) is 36.8 Å². The molecular weight excluding hydrogens is 326 g/mol. The molecule has 26 heavy (non-hydrogen) atoms. The summed E-state index contributed by atoms with van der Waals surface area (Å²) in [6, 6.07) is 13.8. The molecule has 1 aromatic carbocycles. The van der Waals surface area contributed by atoms with Gasteiger partial charge in [0.25, 0.3) is 0 Å². The quantitative estimate of drug-likeness (QED) is 0.743. The molecule has 0 unspecified atom stereocenters. The maximum atomic E-state index is 13.0. The normalized spacial score (nSPS) is 15.7. The van der Waals surface area contributed by atoms with Crippen LogP contribution in [0.3, 0.4) is 0 Å². The number of aromatic nitrogens is 4. The number of aromatic amines is 1. The van der Waals surface area contributed by atoms with Gasteiger partial charge in [-0.15, -0.1) is 0 Å². The number of H-pyrrole nitrogens is 1. The molecule has 0 aliphatic heterocycles. The van der Waals surface area contributed by atoms with E-state index in [1.54, 1.807) is 12.4 Å². The molecule has 2 N–H and O–H groups in total. The van der Waals surface area contributed by atoms with Gasteiger partial charge in [-0.05, 0) is 30.5 Å². The molecule has 0 saturated heterocycles. The molecule has 1 amide bonds. The Kier molecular flexibility index (Phi) is 4.48. The van der Waals surface area contributed by atoms with Crippen molar-refractivity contribution in [3.8, 4) is 11.4 Å². The van der Waals surface area contributed by atoms with Crippen LogP contribution in [0.5, 0.6) is 0 Å². The largest absolute Gasteiger partial charge is 0.348 e. The van der Waals surface area contributed by atoms with E-state index >= 15 is 0 Å². The minimum Gasteiger partial charge on any atom is -0.348 e. The zero-order valence-electron chi connectivity index (χ0n) is 14.5. The van der Waals surface area contributed by atoms with Crippen molar-refractivity contribution in [3.05, 3.63) is 66.2 Å². The van der Waals surface area contributed by atoms with E-state index in [0.29, 0.717) is 18.2 Å². The van der Waals surface area contributed by atoms with E-state index in [1.165, 1.54) is 0 Å². The van der Waals surface area contributed by atoms with Crippen molar-refractivity contribution in [1.82, 2.24) is 25.5 Å². The standard InChI is InChI=1S/C20H21N5O/c26-19(20(10-4-5-11-20)16-6-2-1-3-7-16)22-14-17-23-18(25-24-17)15-8-12-21-13-9-15/h1-3,6-9,12-13H,4-5,10-11,14H2,(H,22,26)(H,23,24,25). The van der Waals surface area contributed by atoms with Gasteiger partial charge in [-0.2, -0.15) is 5.10 Å². The number of amides is 1. The number of nitrogens with zero attached hydrogens (tertiary/aromatic N) is 3. The molecule has 4 rings (SSSR count). The van der Waals surface area contributed by atoms with Crippen molar-refractivity contribution in [3.63, 3.8) is 0 Å². The minimum absolute atomic E-state index is 0.0723. The Morgan fingerprint density at radius 1 is 1.08 bits per heavy atom. The van der Waals surface area contributed by atoms with Gasteiger partial charge in [-0.25, -0.2) is 4.98 Å². The van der Waals surface area contributed by atoms with Crippen LogP contribution < -0.4 is 5.32 Å². The highest BCUT2D eigenvalue weighted by Gasteiger charge is 2.42. The lowest BCUT2D eigenvalue weighted by molar-refractivity contribution is -0.126. The highest BCUT2D eigenvalue weighted by molar-refractivity contribution is 5.88. The number of hydrogen-bond donors (Lipinski definition) is 2. The number of benzene rings is 1. The summed E-state index contributed by atoms with van der Waals surface area (Å²) in [7, 11) is 0. The Bertz CT molecular complexity index is 869. The molecule has 0 atom stereocenters. The summed E-state index contributed by atoms with van der Waals surface area (Å²) in [4.78, 5) is 21.5. The van der Waals surface area contributed by atoms with E-state index in [1.807, 2.05) is 30.3 Å². The van der Waals surface area contributed by atoms with Crippen molar-refractivity contribution < 1.29 is 4.79 Å². The molecule has 6 heteroatoms. The Morgan fingerprint density at radius 3 is 2.54 bits per heavy atom. The molecule has 1 fully saturated rings. The number of nitrogens with one attached hydrogen (secondary N) is 2. The molecule has 2 aromatic heterocycles. The van der Waals surface area contributed by atoms with Gasteiger partial charge in [0.1, 0.15) is 5.82 Å². The topological polar surface area (TPSA) is 83.6 Å². The van der Waals surface area contributed by atoms with Crippen LogP contribution in [-0.4, -0.2) is 26.1 Å². The molecule has 0 spiro atoms. The summed E-state index contributed by atoms with van der Waals surface area (Å²) in [5, 5.41) is 10.2. The van der Waals surface area contributed by atoms with Gasteiger partial charge in [0, 0.05) is 18.0 Å². The van der Waals surface area contributed by atoms with Gasteiger partial charge in [-0.1, -0.05) is 43.2 Å². The van der Waals surface area contributed by atoms with Crippen LogP contribution in [0.15, 0.2) is 54.9 Å². The predicted molar refractivity (Wildman–Crippen MR) is 98.0 cm³/mol. The smallest absolute Gasteiger partial charge is 0.231 e. The van der Waals surface area contributed by atoms with Crippen molar-refractivity contribution in [1.29, 1.82) is 0 Å². The number of rotatable bonds is 5. The Hall–Kier alpha value is -3.02. The minimum atomic E-state index is -0.421. The molecule has 0 radical (unpaired) electrons. The first-order chi connectivity index (χ1) is 12.8. The van der Waals surface area contributed by atoms with Gasteiger partial charge in [0.15, 0.2) is 5.82 Å². The van der Waals surface area contributed by atoms with Gasteiger partial charge in [0.2, 0.25) is 5.91 Å². The molecule has 1 aliphatic rings. The summed E-state index contributed by atoms with van der Waals surface area (Å²) >= 11 is 0. The second-order valence-corrected chi connectivity index (χ2v) is 6.68. The maximum absolute atomic E-state index is 13.0. The summed E-state index contributed by atoms with van der Waals surface area (Å²) in [5.41, 5.74) is 1.57. The Balaban J connectivity index is 1.47. The van der Waals surface area contributed by atoms with Crippen LogP contribution in [-0.2, 0) is 16.8 Å². The first kappa shape index (κ1) is 16.4. The first-order valence-electron chi connectivity index (χ1n) is 8.93. The fraction of sp³-hybridized carbons (Fsp3) is 0.300. The van der Waals surface area contributed by atoms with Crippen LogP contribution in [0.25, 0.3) is 11.4 Å². The van der Waals surface area contributed by atoms with Gasteiger partial charge >= 0.3 is 0 Å². The lowest BCUT2D eigenvalue weighted by atomic mass is 9.78. The number of pyridine rings is 1. The maximum Gasteiger partial charge on any atom is 0.231 e. The third kappa shape index (κ3) is 3.10. The molecule has 6 nitrogen and oxygen atoms in total. The molecular formula is C20H21N5O. The second kappa shape index (κ2) is 7.07. The average Bonchev–Trinajstić information content (AvgIpc) is 3.38. The van der Waals surface area contributed by atoms with Crippen LogP contribution in [0.2, 0.25) is 0 Å². The van der Waals surface area contributed by atoms with Crippen LogP contribution in [0.4, 0.5) is 0 Å². The Labute approximate surface area is 152 Å². The highest BCUT2D eigenvalue weighted by atomic mass is 16.2. The monoisotopic (exact) mass is 347 g/mol.